The first kappa shape index (κ1) is 18.1. The van der Waals surface area contributed by atoms with Gasteiger partial charge >= 0.3 is 11.9 Å². The van der Waals surface area contributed by atoms with Gasteiger partial charge in [-0.3, -0.25) is 4.79 Å². The molecular weight excluding hydrogens is 324 g/mol. The van der Waals surface area contributed by atoms with E-state index in [1.54, 1.807) is 42.5 Å². The normalized spacial score (nSPS) is 10.9. The summed E-state index contributed by atoms with van der Waals surface area (Å²) in [6, 6.07) is 11.4. The topological polar surface area (TPSA) is 82.1 Å². The first-order valence-electron chi connectivity index (χ1n) is 7.40. The molecule has 2 aromatic rings. The highest BCUT2D eigenvalue weighted by molar-refractivity contribution is 6.20. The lowest BCUT2D eigenvalue weighted by molar-refractivity contribution is -0.132. The zero-order valence-corrected chi connectivity index (χ0v) is 14.1. The van der Waals surface area contributed by atoms with Gasteiger partial charge in [-0.1, -0.05) is 18.2 Å². The third-order valence-corrected chi connectivity index (χ3v) is 3.38. The fourth-order valence-electron chi connectivity index (χ4n) is 2.25. The van der Waals surface area contributed by atoms with Crippen LogP contribution in [0.5, 0.6) is 17.2 Å². The maximum absolute atomic E-state index is 11.6. The molecular formula is C19H18O6. The van der Waals surface area contributed by atoms with Crippen LogP contribution in [0.3, 0.4) is 0 Å². The maximum atomic E-state index is 11.6. The molecule has 0 aliphatic carbocycles. The summed E-state index contributed by atoms with van der Waals surface area (Å²) >= 11 is 0. The number of ether oxygens (including phenoxy) is 3. The number of esters is 1. The number of rotatable bonds is 6. The first-order valence-corrected chi connectivity index (χ1v) is 7.40. The Morgan fingerprint density at radius 1 is 0.960 bits per heavy atom. The van der Waals surface area contributed by atoms with Crippen LogP contribution in [-0.2, 0) is 9.59 Å². The minimum atomic E-state index is -1.07. The number of aliphatic carboxylic acids is 1. The average Bonchev–Trinajstić information content (AvgIpc) is 2.59. The molecule has 0 fully saturated rings. The molecule has 0 aliphatic heterocycles. The number of carbonyl (C=O) groups excluding carboxylic acids is 1. The lowest BCUT2D eigenvalue weighted by atomic mass is 10.0. The lowest BCUT2D eigenvalue weighted by Gasteiger charge is -2.09. The third-order valence-electron chi connectivity index (χ3n) is 3.38. The predicted molar refractivity (Wildman–Crippen MR) is 92.8 cm³/mol. The van der Waals surface area contributed by atoms with Crippen LogP contribution in [0.4, 0.5) is 0 Å². The standard InChI is InChI=1S/C19H18O6/c1-12(20)25-15-7-5-14(6-8-15)16(19(21)22)10-13-4-9-17(23-2)18(11-13)24-3/h4-11H,1-3H3,(H,21,22). The van der Waals surface area contributed by atoms with E-state index in [1.165, 1.54) is 27.2 Å². The Hall–Kier alpha value is -3.28. The largest absolute Gasteiger partial charge is 0.493 e. The summed E-state index contributed by atoms with van der Waals surface area (Å²) in [5.41, 5.74) is 1.24. The molecule has 0 unspecified atom stereocenters. The van der Waals surface area contributed by atoms with Crippen LogP contribution in [0.2, 0.25) is 0 Å². The van der Waals surface area contributed by atoms with E-state index in [0.29, 0.717) is 28.4 Å². The highest BCUT2D eigenvalue weighted by Gasteiger charge is 2.12. The van der Waals surface area contributed by atoms with Gasteiger partial charge in [-0.05, 0) is 41.5 Å². The van der Waals surface area contributed by atoms with E-state index in [4.69, 9.17) is 14.2 Å². The van der Waals surface area contributed by atoms with Gasteiger partial charge in [-0.2, -0.15) is 0 Å². The molecule has 6 heteroatoms. The molecule has 25 heavy (non-hydrogen) atoms. The van der Waals surface area contributed by atoms with Gasteiger partial charge in [0.2, 0.25) is 0 Å². The minimum absolute atomic E-state index is 0.0987. The second kappa shape index (κ2) is 8.01. The molecule has 1 N–H and O–H groups in total. The molecule has 0 amide bonds. The summed E-state index contributed by atoms with van der Waals surface area (Å²) in [5.74, 6) is -0.0948. The molecule has 2 rings (SSSR count). The highest BCUT2D eigenvalue weighted by Crippen LogP contribution is 2.29. The minimum Gasteiger partial charge on any atom is -0.493 e. The summed E-state index contributed by atoms with van der Waals surface area (Å²) in [6.07, 6.45) is 1.53. The molecule has 0 radical (unpaired) electrons. The molecule has 0 aliphatic rings. The van der Waals surface area contributed by atoms with Crippen molar-refractivity contribution in [2.45, 2.75) is 6.92 Å². The Bertz CT molecular complexity index is 805. The van der Waals surface area contributed by atoms with Crippen LogP contribution < -0.4 is 14.2 Å². The lowest BCUT2D eigenvalue weighted by Crippen LogP contribution is -2.02. The number of hydrogen-bond donors (Lipinski definition) is 1. The molecule has 0 aromatic heterocycles. The van der Waals surface area contributed by atoms with Crippen molar-refractivity contribution in [2.24, 2.45) is 0 Å². The van der Waals surface area contributed by atoms with Gasteiger partial charge in [0, 0.05) is 6.92 Å². The van der Waals surface area contributed by atoms with E-state index in [-0.39, 0.29) is 5.57 Å². The van der Waals surface area contributed by atoms with Crippen molar-refractivity contribution in [1.29, 1.82) is 0 Å². The van der Waals surface area contributed by atoms with Gasteiger partial charge in [0.1, 0.15) is 5.75 Å². The van der Waals surface area contributed by atoms with Gasteiger partial charge in [0.15, 0.2) is 11.5 Å². The quantitative estimate of drug-likeness (QED) is 0.375. The monoisotopic (exact) mass is 342 g/mol. The Labute approximate surface area is 145 Å². The number of benzene rings is 2. The van der Waals surface area contributed by atoms with Crippen molar-refractivity contribution in [2.75, 3.05) is 14.2 Å². The van der Waals surface area contributed by atoms with Gasteiger partial charge in [0.25, 0.3) is 0 Å². The number of hydrogen-bond acceptors (Lipinski definition) is 5. The van der Waals surface area contributed by atoms with E-state index in [9.17, 15) is 14.7 Å². The molecule has 0 atom stereocenters. The molecule has 0 spiro atoms. The summed E-state index contributed by atoms with van der Waals surface area (Å²) < 4.78 is 15.3. The molecule has 6 nitrogen and oxygen atoms in total. The van der Waals surface area contributed by atoms with Crippen LogP contribution in [0.25, 0.3) is 11.6 Å². The molecule has 0 heterocycles. The van der Waals surface area contributed by atoms with Crippen molar-refractivity contribution in [1.82, 2.24) is 0 Å². The average molecular weight is 342 g/mol. The molecule has 130 valence electrons. The Kier molecular flexibility index (Phi) is 5.79. The maximum Gasteiger partial charge on any atom is 0.336 e. The molecule has 0 bridgehead atoms. The van der Waals surface area contributed by atoms with Gasteiger partial charge in [-0.15, -0.1) is 0 Å². The van der Waals surface area contributed by atoms with Crippen LogP contribution >= 0.6 is 0 Å². The Morgan fingerprint density at radius 3 is 2.12 bits per heavy atom. The van der Waals surface area contributed by atoms with Gasteiger partial charge < -0.3 is 19.3 Å². The van der Waals surface area contributed by atoms with Crippen LogP contribution in [0, 0.1) is 0 Å². The second-order valence-corrected chi connectivity index (χ2v) is 5.10. The number of carboxylic acids is 1. The third kappa shape index (κ3) is 4.60. The zero-order valence-electron chi connectivity index (χ0n) is 14.1. The molecule has 0 saturated carbocycles. The highest BCUT2D eigenvalue weighted by atomic mass is 16.5. The smallest absolute Gasteiger partial charge is 0.336 e. The van der Waals surface area contributed by atoms with Crippen LogP contribution in [0.1, 0.15) is 18.1 Å². The fourth-order valence-corrected chi connectivity index (χ4v) is 2.25. The van der Waals surface area contributed by atoms with E-state index in [1.807, 2.05) is 0 Å². The molecule has 2 aromatic carbocycles. The van der Waals surface area contributed by atoms with Crippen molar-refractivity contribution >= 4 is 23.6 Å². The second-order valence-electron chi connectivity index (χ2n) is 5.10. The van der Waals surface area contributed by atoms with Crippen molar-refractivity contribution in [3.8, 4) is 17.2 Å². The Balaban J connectivity index is 2.39. The van der Waals surface area contributed by atoms with Crippen LogP contribution in [-0.4, -0.2) is 31.3 Å². The fraction of sp³-hybridized carbons (Fsp3) is 0.158. The van der Waals surface area contributed by atoms with E-state index in [2.05, 4.69) is 0 Å². The number of carbonyl (C=O) groups is 2. The summed E-state index contributed by atoms with van der Waals surface area (Å²) in [6.45, 7) is 1.30. The number of carboxylic acid groups (broad SMARTS) is 1. The Morgan fingerprint density at radius 2 is 1.60 bits per heavy atom. The SMILES string of the molecule is COc1ccc(C=C(C(=O)O)c2ccc(OC(C)=O)cc2)cc1OC. The van der Waals surface area contributed by atoms with E-state index < -0.39 is 11.9 Å². The summed E-state index contributed by atoms with van der Waals surface area (Å²) in [7, 11) is 3.04. The van der Waals surface area contributed by atoms with E-state index >= 15 is 0 Å². The zero-order chi connectivity index (χ0) is 18.4. The van der Waals surface area contributed by atoms with E-state index in [0.717, 1.165) is 0 Å². The first-order chi connectivity index (χ1) is 11.9. The molecule has 0 saturated heterocycles. The number of methoxy groups -OCH3 is 2. The van der Waals surface area contributed by atoms with Crippen molar-refractivity contribution in [3.63, 3.8) is 0 Å². The summed E-state index contributed by atoms with van der Waals surface area (Å²) in [5, 5.41) is 9.52. The van der Waals surface area contributed by atoms with Crippen LogP contribution in [0.15, 0.2) is 42.5 Å². The predicted octanol–water partition coefficient (Wildman–Crippen LogP) is 3.25. The van der Waals surface area contributed by atoms with Crippen molar-refractivity contribution < 1.29 is 28.9 Å². The van der Waals surface area contributed by atoms with Gasteiger partial charge in [0.05, 0.1) is 19.8 Å². The van der Waals surface area contributed by atoms with Gasteiger partial charge in [-0.25, -0.2) is 4.79 Å². The summed E-state index contributed by atoms with van der Waals surface area (Å²) in [4.78, 5) is 22.6. The van der Waals surface area contributed by atoms with Crippen molar-refractivity contribution in [3.05, 3.63) is 53.6 Å².